The second-order valence-electron chi connectivity index (χ2n) is 5.00. The predicted octanol–water partition coefficient (Wildman–Crippen LogP) is 2.61. The molecule has 6 heteroatoms. The number of nitrogens with zero attached hydrogens (tertiary/aromatic N) is 1. The van der Waals surface area contributed by atoms with Gasteiger partial charge >= 0.3 is 0 Å². The van der Waals surface area contributed by atoms with E-state index in [0.29, 0.717) is 16.8 Å². The van der Waals surface area contributed by atoms with Gasteiger partial charge in [0, 0.05) is 17.6 Å². The van der Waals surface area contributed by atoms with E-state index in [-0.39, 0.29) is 17.8 Å². The van der Waals surface area contributed by atoms with Gasteiger partial charge in [-0.05, 0) is 49.2 Å². The Bertz CT molecular complexity index is 916. The maximum absolute atomic E-state index is 11.8. The Hall–Kier alpha value is -3.15. The van der Waals surface area contributed by atoms with Crippen LogP contribution in [0.5, 0.6) is 5.75 Å². The van der Waals surface area contributed by atoms with Crippen LogP contribution in [0.25, 0.3) is 22.2 Å². The Kier molecular flexibility index (Phi) is 4.75. The highest BCUT2D eigenvalue weighted by Crippen LogP contribution is 2.27. The molecule has 0 atom stereocenters. The van der Waals surface area contributed by atoms with Crippen LogP contribution in [0.1, 0.15) is 11.1 Å². The number of benzene rings is 1. The number of carbonyl (C=O) groups is 1. The molecule has 0 unspecified atom stereocenters. The molecular weight excluding hydrogens is 296 g/mol. The van der Waals surface area contributed by atoms with Gasteiger partial charge in [-0.15, -0.1) is 0 Å². The van der Waals surface area contributed by atoms with Gasteiger partial charge < -0.3 is 15.2 Å². The molecule has 118 valence electrons. The van der Waals surface area contributed by atoms with Crippen molar-refractivity contribution < 1.29 is 15.0 Å². The maximum Gasteiger partial charge on any atom is 0.290 e. The van der Waals surface area contributed by atoms with E-state index in [2.05, 4.69) is 9.97 Å². The third-order valence-corrected chi connectivity index (χ3v) is 3.43. The average Bonchev–Trinajstić information content (AvgIpc) is 2.50. The van der Waals surface area contributed by atoms with Crippen LogP contribution >= 0.6 is 0 Å². The van der Waals surface area contributed by atoms with Crippen LogP contribution in [0.4, 0.5) is 0 Å². The number of fused-ring (bicyclic) bond motifs is 1. The lowest BCUT2D eigenvalue weighted by Gasteiger charge is -2.08. The standard InChI is InChI=1S/C16H14N2O2.CH2O2/c1-9-7-13(11-4-3-5-17-16(11)20)18-14-8-15(19)10(2)6-12(9)14;2-1-3/h3-8,19H,1-2H3,(H,17,20);1H,(H,2,3). The smallest absolute Gasteiger partial charge is 0.290 e. The number of nitrogens with one attached hydrogen (secondary N) is 1. The molecule has 23 heavy (non-hydrogen) atoms. The van der Waals surface area contributed by atoms with Crippen LogP contribution in [0.15, 0.2) is 41.3 Å². The van der Waals surface area contributed by atoms with E-state index >= 15 is 0 Å². The first kappa shape index (κ1) is 16.2. The quantitative estimate of drug-likeness (QED) is 0.599. The second-order valence-corrected chi connectivity index (χ2v) is 5.00. The summed E-state index contributed by atoms with van der Waals surface area (Å²) in [4.78, 5) is 27.3. The van der Waals surface area contributed by atoms with Crippen molar-refractivity contribution in [2.45, 2.75) is 13.8 Å². The van der Waals surface area contributed by atoms with E-state index in [1.807, 2.05) is 26.0 Å². The summed E-state index contributed by atoms with van der Waals surface area (Å²) in [6, 6.07) is 8.94. The van der Waals surface area contributed by atoms with E-state index in [0.717, 1.165) is 16.5 Å². The topological polar surface area (TPSA) is 103 Å². The van der Waals surface area contributed by atoms with Gasteiger partial charge in [0.1, 0.15) is 5.75 Å². The average molecular weight is 312 g/mol. The molecule has 3 rings (SSSR count). The lowest BCUT2D eigenvalue weighted by molar-refractivity contribution is -0.122. The molecule has 0 saturated carbocycles. The van der Waals surface area contributed by atoms with E-state index in [4.69, 9.17) is 9.90 Å². The lowest BCUT2D eigenvalue weighted by Crippen LogP contribution is -2.08. The molecule has 0 bridgehead atoms. The molecule has 0 saturated heterocycles. The minimum absolute atomic E-state index is 0.171. The highest BCUT2D eigenvalue weighted by Gasteiger charge is 2.09. The normalized spacial score (nSPS) is 10.0. The molecule has 0 spiro atoms. The third kappa shape index (κ3) is 3.37. The summed E-state index contributed by atoms with van der Waals surface area (Å²) in [5.74, 6) is 0.212. The number of aromatic hydroxyl groups is 1. The zero-order valence-corrected chi connectivity index (χ0v) is 12.7. The first-order valence-corrected chi connectivity index (χ1v) is 6.84. The summed E-state index contributed by atoms with van der Waals surface area (Å²) in [5, 5.41) is 17.7. The molecule has 2 heterocycles. The van der Waals surface area contributed by atoms with Crippen LogP contribution in [0.2, 0.25) is 0 Å². The Morgan fingerprint density at radius 2 is 1.87 bits per heavy atom. The number of aromatic amines is 1. The third-order valence-electron chi connectivity index (χ3n) is 3.43. The van der Waals surface area contributed by atoms with Crippen molar-refractivity contribution in [2.75, 3.05) is 0 Å². The van der Waals surface area contributed by atoms with Gasteiger partial charge in [0.2, 0.25) is 0 Å². The van der Waals surface area contributed by atoms with E-state index in [1.54, 1.807) is 24.4 Å². The summed E-state index contributed by atoms with van der Waals surface area (Å²) in [7, 11) is 0. The highest BCUT2D eigenvalue weighted by atomic mass is 16.3. The number of hydrogen-bond donors (Lipinski definition) is 3. The van der Waals surface area contributed by atoms with Gasteiger partial charge in [0.25, 0.3) is 12.0 Å². The number of aryl methyl sites for hydroxylation is 2. The SMILES string of the molecule is Cc1cc2c(C)cc(-c3ccc[nH]c3=O)nc2cc1O.O=CO. The molecule has 6 nitrogen and oxygen atoms in total. The number of H-pyrrole nitrogens is 1. The largest absolute Gasteiger partial charge is 0.508 e. The minimum Gasteiger partial charge on any atom is -0.508 e. The molecule has 3 aromatic rings. The summed E-state index contributed by atoms with van der Waals surface area (Å²) in [6.07, 6.45) is 1.59. The molecule has 0 aliphatic rings. The van der Waals surface area contributed by atoms with Crippen molar-refractivity contribution in [3.63, 3.8) is 0 Å². The van der Waals surface area contributed by atoms with Gasteiger partial charge in [-0.1, -0.05) is 0 Å². The number of phenolic OH excluding ortho intramolecular Hbond substituents is 1. The van der Waals surface area contributed by atoms with Gasteiger partial charge in [-0.25, -0.2) is 4.98 Å². The lowest BCUT2D eigenvalue weighted by atomic mass is 10.0. The Morgan fingerprint density at radius 1 is 1.17 bits per heavy atom. The zero-order chi connectivity index (χ0) is 17.0. The number of pyridine rings is 2. The van der Waals surface area contributed by atoms with Crippen molar-refractivity contribution in [2.24, 2.45) is 0 Å². The Labute approximate surface area is 132 Å². The molecule has 0 aliphatic heterocycles. The monoisotopic (exact) mass is 312 g/mol. The highest BCUT2D eigenvalue weighted by molar-refractivity contribution is 5.86. The molecule has 1 aromatic carbocycles. The Balaban J connectivity index is 0.000000595. The zero-order valence-electron chi connectivity index (χ0n) is 12.7. The van der Waals surface area contributed by atoms with Crippen LogP contribution < -0.4 is 5.56 Å². The summed E-state index contributed by atoms with van der Waals surface area (Å²) in [6.45, 7) is 3.57. The maximum atomic E-state index is 11.8. The van der Waals surface area contributed by atoms with Crippen LogP contribution in [0, 0.1) is 13.8 Å². The van der Waals surface area contributed by atoms with Gasteiger partial charge in [0.05, 0.1) is 16.8 Å². The van der Waals surface area contributed by atoms with Crippen molar-refractivity contribution >= 4 is 17.4 Å². The van der Waals surface area contributed by atoms with Crippen LogP contribution in [-0.4, -0.2) is 26.7 Å². The number of aromatic nitrogens is 2. The molecule has 0 fully saturated rings. The molecular formula is C17H16N2O4. The van der Waals surface area contributed by atoms with E-state index in [9.17, 15) is 9.90 Å². The van der Waals surface area contributed by atoms with Gasteiger partial charge in [-0.2, -0.15) is 0 Å². The summed E-state index contributed by atoms with van der Waals surface area (Å²) >= 11 is 0. The fourth-order valence-electron chi connectivity index (χ4n) is 2.30. The summed E-state index contributed by atoms with van der Waals surface area (Å²) < 4.78 is 0. The summed E-state index contributed by atoms with van der Waals surface area (Å²) in [5.41, 5.74) is 3.49. The molecule has 0 amide bonds. The van der Waals surface area contributed by atoms with E-state index < -0.39 is 0 Å². The number of hydrogen-bond acceptors (Lipinski definition) is 4. The number of carboxylic acid groups (broad SMARTS) is 1. The Morgan fingerprint density at radius 3 is 2.52 bits per heavy atom. The van der Waals surface area contributed by atoms with Crippen molar-refractivity contribution in [3.8, 4) is 17.0 Å². The molecule has 3 N–H and O–H groups in total. The number of rotatable bonds is 1. The van der Waals surface area contributed by atoms with Crippen LogP contribution in [-0.2, 0) is 4.79 Å². The van der Waals surface area contributed by atoms with Crippen molar-refractivity contribution in [3.05, 3.63) is 58.0 Å². The van der Waals surface area contributed by atoms with Gasteiger partial charge in [-0.3, -0.25) is 9.59 Å². The van der Waals surface area contributed by atoms with Crippen LogP contribution in [0.3, 0.4) is 0 Å². The molecule has 0 radical (unpaired) electrons. The van der Waals surface area contributed by atoms with E-state index in [1.165, 1.54) is 0 Å². The first-order valence-electron chi connectivity index (χ1n) is 6.84. The molecule has 0 aliphatic carbocycles. The van der Waals surface area contributed by atoms with Crippen molar-refractivity contribution in [1.82, 2.24) is 9.97 Å². The minimum atomic E-state index is -0.250. The second kappa shape index (κ2) is 6.74. The van der Waals surface area contributed by atoms with Gasteiger partial charge in [0.15, 0.2) is 0 Å². The fourth-order valence-corrected chi connectivity index (χ4v) is 2.30. The number of phenols is 1. The predicted molar refractivity (Wildman–Crippen MR) is 87.6 cm³/mol. The van der Waals surface area contributed by atoms with Crippen molar-refractivity contribution in [1.29, 1.82) is 0 Å². The molecule has 2 aromatic heterocycles. The fraction of sp³-hybridized carbons (Fsp3) is 0.118. The first-order chi connectivity index (χ1) is 11.0.